The fourth-order valence-electron chi connectivity index (χ4n) is 3.12. The maximum Gasteiger partial charge on any atom is 0.166 e. The summed E-state index contributed by atoms with van der Waals surface area (Å²) in [5.41, 5.74) is 6.20. The molecule has 0 radical (unpaired) electrons. The van der Waals surface area contributed by atoms with Crippen molar-refractivity contribution in [1.29, 1.82) is 0 Å². The average Bonchev–Trinajstić information content (AvgIpc) is 2.75. The molecule has 1 aliphatic carbocycles. The third-order valence-electron chi connectivity index (χ3n) is 4.38. The number of benzene rings is 1. The number of aromatic nitrogens is 1. The van der Waals surface area contributed by atoms with E-state index in [4.69, 9.17) is 21.1 Å². The minimum atomic E-state index is 0.368. The van der Waals surface area contributed by atoms with E-state index < -0.39 is 0 Å². The molecule has 2 aliphatic rings. The van der Waals surface area contributed by atoms with Gasteiger partial charge in [-0.05, 0) is 30.5 Å². The van der Waals surface area contributed by atoms with Gasteiger partial charge in [0.25, 0.3) is 0 Å². The van der Waals surface area contributed by atoms with E-state index in [-0.39, 0.29) is 0 Å². The lowest BCUT2D eigenvalue weighted by atomic mass is 9.93. The number of aryl methyl sites for hydroxylation is 1. The zero-order valence-electron chi connectivity index (χ0n) is 13.6. The van der Waals surface area contributed by atoms with Gasteiger partial charge in [-0.15, -0.1) is 0 Å². The molecule has 0 saturated carbocycles. The van der Waals surface area contributed by atoms with Crippen LogP contribution in [0.3, 0.4) is 0 Å². The van der Waals surface area contributed by atoms with Crippen molar-refractivity contribution < 1.29 is 4.52 Å². The Balaban J connectivity index is 1.96. The molecule has 24 heavy (non-hydrogen) atoms. The molecule has 2 aromatic rings. The summed E-state index contributed by atoms with van der Waals surface area (Å²) in [5, 5.41) is 4.86. The molecule has 0 amide bonds. The maximum absolute atomic E-state index is 6.04. The van der Waals surface area contributed by atoms with Crippen LogP contribution in [0.25, 0.3) is 5.57 Å². The average molecular weight is 337 g/mol. The molecule has 1 atom stereocenters. The van der Waals surface area contributed by atoms with Gasteiger partial charge in [0.1, 0.15) is 6.54 Å². The molecule has 4 rings (SSSR count). The zero-order valence-corrected chi connectivity index (χ0v) is 14.3. The first-order valence-corrected chi connectivity index (χ1v) is 8.38. The number of hydrogen-bond donors (Lipinski definition) is 0. The number of hydrogen-bond acceptors (Lipinski definition) is 3. The van der Waals surface area contributed by atoms with Crippen LogP contribution in [0.1, 0.15) is 29.5 Å². The first-order chi connectivity index (χ1) is 11.6. The van der Waals surface area contributed by atoms with Gasteiger partial charge in [-0.3, -0.25) is 4.99 Å². The molecule has 3 nitrogen and oxygen atoms in total. The van der Waals surface area contributed by atoms with Gasteiger partial charge >= 0.3 is 0 Å². The highest BCUT2D eigenvalue weighted by Gasteiger charge is 2.25. The lowest BCUT2D eigenvalue weighted by Crippen LogP contribution is -2.05. The van der Waals surface area contributed by atoms with Gasteiger partial charge in [-0.1, -0.05) is 60.1 Å². The molecule has 1 aromatic heterocycles. The van der Waals surface area contributed by atoms with Crippen LogP contribution >= 0.6 is 11.6 Å². The van der Waals surface area contributed by atoms with Crippen molar-refractivity contribution in [1.82, 2.24) is 5.16 Å². The highest BCUT2D eigenvalue weighted by molar-refractivity contribution is 6.30. The first-order valence-electron chi connectivity index (χ1n) is 8.00. The van der Waals surface area contributed by atoms with E-state index in [2.05, 4.69) is 36.4 Å². The third kappa shape index (κ3) is 2.55. The van der Waals surface area contributed by atoms with Crippen LogP contribution in [-0.2, 0) is 6.54 Å². The molecule has 4 heteroatoms. The second kappa shape index (κ2) is 5.91. The fraction of sp³-hybridized carbons (Fsp3) is 0.200. The standard InChI is InChI=1S/C20H17ClN2O/c1-12-3-9-16-17(10-4-12)20(14-5-7-15(21)8-6-14)22-11-18-19(16)13(2)23-24-18/h3-10,12H,11H2,1-2H3. The largest absolute Gasteiger partial charge is 0.358 e. The van der Waals surface area contributed by atoms with Crippen LogP contribution in [0.4, 0.5) is 0 Å². The van der Waals surface area contributed by atoms with Gasteiger partial charge in [0.05, 0.1) is 17.0 Å². The van der Waals surface area contributed by atoms with Crippen molar-refractivity contribution >= 4 is 22.9 Å². The van der Waals surface area contributed by atoms with Gasteiger partial charge in [0.2, 0.25) is 0 Å². The van der Waals surface area contributed by atoms with Crippen molar-refractivity contribution in [3.63, 3.8) is 0 Å². The molecule has 2 heterocycles. The third-order valence-corrected chi connectivity index (χ3v) is 4.63. The summed E-state index contributed by atoms with van der Waals surface area (Å²) in [6.07, 6.45) is 8.72. The number of allylic oxidation sites excluding steroid dienone is 6. The zero-order chi connectivity index (χ0) is 16.7. The van der Waals surface area contributed by atoms with Gasteiger partial charge in [-0.25, -0.2) is 0 Å². The lowest BCUT2D eigenvalue weighted by Gasteiger charge is -2.10. The molecule has 0 saturated heterocycles. The number of fused-ring (bicyclic) bond motifs is 2. The molecule has 0 fully saturated rings. The van der Waals surface area contributed by atoms with Crippen molar-refractivity contribution in [2.45, 2.75) is 20.4 Å². The number of halogens is 1. The van der Waals surface area contributed by atoms with Gasteiger partial charge in [0, 0.05) is 16.2 Å². The number of aliphatic imine (C=N–C) groups is 1. The summed E-state index contributed by atoms with van der Waals surface area (Å²) in [6, 6.07) is 7.81. The van der Waals surface area contributed by atoms with Crippen LogP contribution in [-0.4, -0.2) is 10.9 Å². The Bertz CT molecular complexity index is 914. The van der Waals surface area contributed by atoms with E-state index in [1.807, 2.05) is 31.2 Å². The van der Waals surface area contributed by atoms with E-state index in [0.717, 1.165) is 44.5 Å². The van der Waals surface area contributed by atoms with Crippen molar-refractivity contribution in [3.05, 3.63) is 81.7 Å². The fourth-order valence-corrected chi connectivity index (χ4v) is 3.25. The maximum atomic E-state index is 6.04. The minimum absolute atomic E-state index is 0.368. The second-order valence-electron chi connectivity index (χ2n) is 6.14. The Morgan fingerprint density at radius 2 is 1.79 bits per heavy atom. The smallest absolute Gasteiger partial charge is 0.166 e. The minimum Gasteiger partial charge on any atom is -0.358 e. The Hall–Kier alpha value is -2.39. The molecular formula is C20H17ClN2O. The second-order valence-corrected chi connectivity index (χ2v) is 6.58. The Kier molecular flexibility index (Phi) is 3.73. The van der Waals surface area contributed by atoms with Crippen LogP contribution in [0.5, 0.6) is 0 Å². The molecule has 0 spiro atoms. The van der Waals surface area contributed by atoms with Crippen molar-refractivity contribution in [3.8, 4) is 0 Å². The predicted octanol–water partition coefficient (Wildman–Crippen LogP) is 5.16. The van der Waals surface area contributed by atoms with E-state index in [1.54, 1.807) is 0 Å². The Morgan fingerprint density at radius 3 is 2.54 bits per heavy atom. The highest BCUT2D eigenvalue weighted by atomic mass is 35.5. The van der Waals surface area contributed by atoms with Crippen molar-refractivity contribution in [2.24, 2.45) is 10.9 Å². The molecule has 1 aliphatic heterocycles. The SMILES string of the molecule is Cc1noc2c1C1=C(C=CC(C)C=C1)C(c1ccc(Cl)cc1)=NC2. The quantitative estimate of drug-likeness (QED) is 0.721. The van der Waals surface area contributed by atoms with Crippen LogP contribution in [0, 0.1) is 12.8 Å². The first kappa shape index (κ1) is 15.2. The molecule has 1 unspecified atom stereocenters. The number of rotatable bonds is 1. The van der Waals surface area contributed by atoms with E-state index >= 15 is 0 Å². The Morgan fingerprint density at radius 1 is 1.08 bits per heavy atom. The number of nitrogens with zero attached hydrogens (tertiary/aromatic N) is 2. The monoisotopic (exact) mass is 336 g/mol. The van der Waals surface area contributed by atoms with Gasteiger partial charge in [0.15, 0.2) is 5.76 Å². The molecule has 0 N–H and O–H groups in total. The summed E-state index contributed by atoms with van der Waals surface area (Å²) in [4.78, 5) is 4.83. The molecule has 0 bridgehead atoms. The van der Waals surface area contributed by atoms with Crippen molar-refractivity contribution in [2.75, 3.05) is 0 Å². The van der Waals surface area contributed by atoms with E-state index in [0.29, 0.717) is 12.5 Å². The summed E-state index contributed by atoms with van der Waals surface area (Å²) in [7, 11) is 0. The van der Waals surface area contributed by atoms with E-state index in [1.165, 1.54) is 0 Å². The predicted molar refractivity (Wildman–Crippen MR) is 97.3 cm³/mol. The molecular weight excluding hydrogens is 320 g/mol. The van der Waals surface area contributed by atoms with E-state index in [9.17, 15) is 0 Å². The lowest BCUT2D eigenvalue weighted by molar-refractivity contribution is 0.381. The summed E-state index contributed by atoms with van der Waals surface area (Å²) < 4.78 is 5.52. The van der Waals surface area contributed by atoms with Gasteiger partial charge in [-0.2, -0.15) is 0 Å². The normalized spacial score (nSPS) is 19.5. The molecule has 120 valence electrons. The van der Waals surface area contributed by atoms with Crippen LogP contribution in [0.15, 0.2) is 63.7 Å². The Labute approximate surface area is 146 Å². The topological polar surface area (TPSA) is 38.4 Å². The summed E-state index contributed by atoms with van der Waals surface area (Å²) in [5.74, 6) is 1.18. The summed E-state index contributed by atoms with van der Waals surface area (Å²) >= 11 is 6.04. The summed E-state index contributed by atoms with van der Waals surface area (Å²) in [6.45, 7) is 4.63. The molecule has 1 aromatic carbocycles. The van der Waals surface area contributed by atoms with Gasteiger partial charge < -0.3 is 4.52 Å². The van der Waals surface area contributed by atoms with Crippen LogP contribution < -0.4 is 0 Å². The highest BCUT2D eigenvalue weighted by Crippen LogP contribution is 2.35. The van der Waals surface area contributed by atoms with Crippen LogP contribution in [0.2, 0.25) is 5.02 Å².